The average molecular weight is 379 g/mol. The van der Waals surface area contributed by atoms with Crippen LogP contribution >= 0.6 is 11.6 Å². The number of aromatic nitrogens is 1. The number of rotatable bonds is 8. The first kappa shape index (κ1) is 19.7. The van der Waals surface area contributed by atoms with Crippen molar-refractivity contribution in [2.45, 2.75) is 6.92 Å². The van der Waals surface area contributed by atoms with Crippen LogP contribution in [-0.4, -0.2) is 44.9 Å². The van der Waals surface area contributed by atoms with Crippen molar-refractivity contribution in [1.82, 2.24) is 10.3 Å². The third kappa shape index (κ3) is 5.70. The Hall–Kier alpha value is -2.67. The van der Waals surface area contributed by atoms with E-state index in [1.165, 1.54) is 0 Å². The van der Waals surface area contributed by atoms with E-state index in [1.807, 2.05) is 25.1 Å². The van der Waals surface area contributed by atoms with E-state index in [2.05, 4.69) is 20.6 Å². The van der Waals surface area contributed by atoms with Crippen molar-refractivity contribution in [3.05, 3.63) is 41.6 Å². The summed E-state index contributed by atoms with van der Waals surface area (Å²) in [6, 6.07) is 9.05. The number of halogens is 1. The maximum atomic E-state index is 6.01. The predicted octanol–water partition coefficient (Wildman–Crippen LogP) is 3.21. The molecule has 26 heavy (non-hydrogen) atoms. The summed E-state index contributed by atoms with van der Waals surface area (Å²) in [6.07, 6.45) is 1.63. The second-order valence-corrected chi connectivity index (χ2v) is 5.50. The first-order valence-electron chi connectivity index (χ1n) is 8.18. The lowest BCUT2D eigenvalue weighted by Gasteiger charge is -2.14. The van der Waals surface area contributed by atoms with Crippen molar-refractivity contribution in [2.75, 3.05) is 39.2 Å². The predicted molar refractivity (Wildman–Crippen MR) is 104 cm³/mol. The molecule has 140 valence electrons. The molecule has 0 saturated carbocycles. The van der Waals surface area contributed by atoms with Gasteiger partial charge in [0.1, 0.15) is 11.6 Å². The second-order valence-electron chi connectivity index (χ2n) is 5.09. The van der Waals surface area contributed by atoms with Crippen LogP contribution in [0.3, 0.4) is 0 Å². The number of nitrogens with one attached hydrogen (secondary N) is 2. The standard InChI is InChI=1S/C18H23ClN4O3/c1-4-20-18(22-10-11-26-17-14(19)6-5-9-21-17)23-13-7-8-15(24-2)16(12-13)25-3/h5-9,12H,4,10-11H2,1-3H3,(H2,20,22,23). The monoisotopic (exact) mass is 378 g/mol. The van der Waals surface area contributed by atoms with E-state index < -0.39 is 0 Å². The summed E-state index contributed by atoms with van der Waals surface area (Å²) in [5, 5.41) is 6.88. The molecule has 0 aliphatic rings. The van der Waals surface area contributed by atoms with Gasteiger partial charge in [-0.1, -0.05) is 11.6 Å². The van der Waals surface area contributed by atoms with Crippen LogP contribution in [0.5, 0.6) is 17.4 Å². The molecular formula is C18H23ClN4O3. The molecule has 1 aromatic carbocycles. The molecule has 2 rings (SSSR count). The Morgan fingerprint density at radius 2 is 2.00 bits per heavy atom. The lowest BCUT2D eigenvalue weighted by molar-refractivity contribution is 0.316. The number of guanidine groups is 1. The fraction of sp³-hybridized carbons (Fsp3) is 0.333. The molecule has 0 unspecified atom stereocenters. The molecule has 7 nitrogen and oxygen atoms in total. The number of nitrogens with zero attached hydrogens (tertiary/aromatic N) is 2. The Labute approximate surface area is 158 Å². The Morgan fingerprint density at radius 1 is 1.19 bits per heavy atom. The molecule has 2 aromatic rings. The Kier molecular flexibility index (Phi) is 7.82. The van der Waals surface area contributed by atoms with Crippen LogP contribution < -0.4 is 24.8 Å². The Balaban J connectivity index is 1.97. The maximum Gasteiger partial charge on any atom is 0.232 e. The molecule has 0 atom stereocenters. The lowest BCUT2D eigenvalue weighted by atomic mass is 10.3. The van der Waals surface area contributed by atoms with Gasteiger partial charge in [-0.2, -0.15) is 0 Å². The summed E-state index contributed by atoms with van der Waals surface area (Å²) in [5.74, 6) is 2.35. The number of pyridine rings is 1. The topological polar surface area (TPSA) is 77.0 Å². The second kappa shape index (κ2) is 10.4. The van der Waals surface area contributed by atoms with Gasteiger partial charge in [0.25, 0.3) is 0 Å². The van der Waals surface area contributed by atoms with Crippen LogP contribution in [0.15, 0.2) is 41.5 Å². The van der Waals surface area contributed by atoms with Crippen LogP contribution in [0.25, 0.3) is 0 Å². The number of hydrogen-bond donors (Lipinski definition) is 2. The molecule has 2 N–H and O–H groups in total. The average Bonchev–Trinajstić information content (AvgIpc) is 2.66. The SMILES string of the molecule is CCNC(=NCCOc1ncccc1Cl)Nc1ccc(OC)c(OC)c1. The largest absolute Gasteiger partial charge is 0.493 e. The van der Waals surface area contributed by atoms with Crippen molar-refractivity contribution in [2.24, 2.45) is 4.99 Å². The van der Waals surface area contributed by atoms with Crippen molar-refractivity contribution < 1.29 is 14.2 Å². The Bertz CT molecular complexity index is 740. The lowest BCUT2D eigenvalue weighted by Crippen LogP contribution is -2.31. The third-order valence-corrected chi connectivity index (χ3v) is 3.60. The first-order valence-corrected chi connectivity index (χ1v) is 8.56. The van der Waals surface area contributed by atoms with Crippen molar-refractivity contribution >= 4 is 23.2 Å². The van der Waals surface area contributed by atoms with E-state index in [9.17, 15) is 0 Å². The van der Waals surface area contributed by atoms with Gasteiger partial charge in [0.15, 0.2) is 17.5 Å². The molecule has 0 radical (unpaired) electrons. The van der Waals surface area contributed by atoms with Gasteiger partial charge in [0.2, 0.25) is 5.88 Å². The number of hydrogen-bond acceptors (Lipinski definition) is 5. The molecule has 0 aliphatic carbocycles. The van der Waals surface area contributed by atoms with E-state index in [0.29, 0.717) is 41.5 Å². The van der Waals surface area contributed by atoms with Gasteiger partial charge in [-0.05, 0) is 31.2 Å². The third-order valence-electron chi connectivity index (χ3n) is 3.32. The highest BCUT2D eigenvalue weighted by Crippen LogP contribution is 2.29. The van der Waals surface area contributed by atoms with E-state index >= 15 is 0 Å². The van der Waals surface area contributed by atoms with Crippen LogP contribution in [-0.2, 0) is 0 Å². The highest BCUT2D eigenvalue weighted by Gasteiger charge is 2.06. The van der Waals surface area contributed by atoms with Gasteiger partial charge in [-0.25, -0.2) is 9.98 Å². The van der Waals surface area contributed by atoms with Crippen LogP contribution in [0, 0.1) is 0 Å². The summed E-state index contributed by atoms with van der Waals surface area (Å²) < 4.78 is 16.1. The van der Waals surface area contributed by atoms with Gasteiger partial charge < -0.3 is 24.8 Å². The molecule has 0 bridgehead atoms. The molecule has 8 heteroatoms. The fourth-order valence-corrected chi connectivity index (χ4v) is 2.31. The van der Waals surface area contributed by atoms with E-state index in [1.54, 1.807) is 32.5 Å². The molecule has 1 heterocycles. The van der Waals surface area contributed by atoms with E-state index in [-0.39, 0.29) is 0 Å². The summed E-state index contributed by atoms with van der Waals surface area (Å²) in [5.41, 5.74) is 0.830. The highest BCUT2D eigenvalue weighted by molar-refractivity contribution is 6.31. The summed E-state index contributed by atoms with van der Waals surface area (Å²) in [7, 11) is 3.20. The molecule has 0 fully saturated rings. The van der Waals surface area contributed by atoms with Crippen LogP contribution in [0.2, 0.25) is 5.02 Å². The van der Waals surface area contributed by atoms with Gasteiger partial charge in [-0.15, -0.1) is 0 Å². The summed E-state index contributed by atoms with van der Waals surface area (Å²) >= 11 is 6.01. The first-order chi connectivity index (χ1) is 12.7. The summed E-state index contributed by atoms with van der Waals surface area (Å²) in [4.78, 5) is 8.55. The van der Waals surface area contributed by atoms with Crippen LogP contribution in [0.1, 0.15) is 6.92 Å². The molecule has 0 amide bonds. The van der Waals surface area contributed by atoms with Gasteiger partial charge in [0.05, 0.1) is 20.8 Å². The molecular weight excluding hydrogens is 356 g/mol. The minimum absolute atomic E-state index is 0.360. The van der Waals surface area contributed by atoms with Crippen molar-refractivity contribution in [1.29, 1.82) is 0 Å². The Morgan fingerprint density at radius 3 is 2.69 bits per heavy atom. The summed E-state index contributed by atoms with van der Waals surface area (Å²) in [6.45, 7) is 3.52. The number of aliphatic imine (C=N–C) groups is 1. The number of anilines is 1. The zero-order valence-corrected chi connectivity index (χ0v) is 15.8. The zero-order valence-electron chi connectivity index (χ0n) is 15.1. The molecule has 0 spiro atoms. The molecule has 0 saturated heterocycles. The minimum atomic E-state index is 0.360. The van der Waals surface area contributed by atoms with Gasteiger partial charge in [-0.3, -0.25) is 0 Å². The normalized spacial score (nSPS) is 11.0. The highest BCUT2D eigenvalue weighted by atomic mass is 35.5. The van der Waals surface area contributed by atoms with E-state index in [0.717, 1.165) is 12.2 Å². The quantitative estimate of drug-likeness (QED) is 0.417. The van der Waals surface area contributed by atoms with Gasteiger partial charge in [0, 0.05) is 24.5 Å². The number of benzene rings is 1. The molecule has 0 aliphatic heterocycles. The fourth-order valence-electron chi connectivity index (χ4n) is 2.13. The van der Waals surface area contributed by atoms with Crippen LogP contribution in [0.4, 0.5) is 5.69 Å². The smallest absolute Gasteiger partial charge is 0.232 e. The van der Waals surface area contributed by atoms with Gasteiger partial charge >= 0.3 is 0 Å². The minimum Gasteiger partial charge on any atom is -0.493 e. The number of ether oxygens (including phenoxy) is 3. The maximum absolute atomic E-state index is 6.01. The zero-order chi connectivity index (χ0) is 18.8. The van der Waals surface area contributed by atoms with E-state index in [4.69, 9.17) is 25.8 Å². The van der Waals surface area contributed by atoms with Crippen molar-refractivity contribution in [3.8, 4) is 17.4 Å². The number of methoxy groups -OCH3 is 2. The van der Waals surface area contributed by atoms with Crippen molar-refractivity contribution in [3.63, 3.8) is 0 Å². The molecule has 1 aromatic heterocycles.